The fourth-order valence-electron chi connectivity index (χ4n) is 11.1. The number of hydrogen-bond acceptors (Lipinski definition) is 4. The molecule has 1 atom stereocenters. The lowest BCUT2D eigenvalue weighted by atomic mass is 9.72. The van der Waals surface area contributed by atoms with Gasteiger partial charge in [-0.1, -0.05) is 171 Å². The average Bonchev–Trinajstić information content (AvgIpc) is 3.80. The summed E-state index contributed by atoms with van der Waals surface area (Å²) in [5.74, 6) is -0.606. The van der Waals surface area contributed by atoms with Crippen molar-refractivity contribution in [2.45, 2.75) is 168 Å². The van der Waals surface area contributed by atoms with Gasteiger partial charge in [0.1, 0.15) is 0 Å². The fourth-order valence-corrected chi connectivity index (χ4v) is 11.1. The minimum atomic E-state index is -0.276. The molecule has 7 rings (SSSR count). The molecule has 1 unspecified atom stereocenters. The van der Waals surface area contributed by atoms with Crippen molar-refractivity contribution in [1.82, 2.24) is 0 Å². The number of rotatable bonds is 13. The molecule has 2 heterocycles. The lowest BCUT2D eigenvalue weighted by molar-refractivity contribution is -0.121. The van der Waals surface area contributed by atoms with Crippen molar-refractivity contribution in [3.05, 3.63) is 152 Å². The van der Waals surface area contributed by atoms with E-state index < -0.39 is 0 Å². The van der Waals surface area contributed by atoms with Crippen molar-refractivity contribution >= 4 is 35.0 Å². The number of carbonyl (C=O) groups is 4. The molecule has 0 aromatic heterocycles. The highest BCUT2D eigenvalue weighted by atomic mass is 16.2. The van der Waals surface area contributed by atoms with Gasteiger partial charge in [0.05, 0.1) is 11.4 Å². The topological polar surface area (TPSA) is 74.8 Å². The number of amides is 4. The van der Waals surface area contributed by atoms with Crippen molar-refractivity contribution in [3.63, 3.8) is 0 Å². The summed E-state index contributed by atoms with van der Waals surface area (Å²) in [6, 6.07) is 25.4. The predicted octanol–water partition coefficient (Wildman–Crippen LogP) is 13.1. The van der Waals surface area contributed by atoms with Crippen LogP contribution >= 0.6 is 0 Å². The highest BCUT2D eigenvalue weighted by Gasteiger charge is 2.47. The molecule has 4 aromatic carbocycles. The van der Waals surface area contributed by atoms with Gasteiger partial charge < -0.3 is 0 Å². The quantitative estimate of drug-likeness (QED) is 0.126. The maximum Gasteiger partial charge on any atom is 0.258 e. The summed E-state index contributed by atoms with van der Waals surface area (Å²) in [5, 5.41) is 0. The normalized spacial score (nSPS) is 18.7. The highest BCUT2D eigenvalue weighted by molar-refractivity contribution is 6.29. The van der Waals surface area contributed by atoms with Crippen LogP contribution in [-0.2, 0) is 53.7 Å². The Labute approximate surface area is 383 Å². The van der Waals surface area contributed by atoms with E-state index in [1.807, 2.05) is 0 Å². The molecule has 3 aliphatic rings. The molecule has 0 fully saturated rings. The zero-order valence-electron chi connectivity index (χ0n) is 41.1. The third-order valence-corrected chi connectivity index (χ3v) is 14.5. The SMILES string of the molecule is CC(C)c1cc(CC(C)(C)c2cccc(C3(C)CC(C)(C)c4cc(C(C)(C)Cc5cc(C(C)C)c(N6C(=O)C=CC6=O)c(C(C)C)c5)ccc43)c2)cc(C(C)C)c1N1C(=O)C=CC1=O. The van der Waals surface area contributed by atoms with Gasteiger partial charge in [0.25, 0.3) is 23.6 Å². The van der Waals surface area contributed by atoms with Crippen LogP contribution in [0.5, 0.6) is 0 Å². The first kappa shape index (κ1) is 46.6. The minimum Gasteiger partial charge on any atom is -0.269 e. The van der Waals surface area contributed by atoms with Crippen LogP contribution in [0.15, 0.2) is 91.0 Å². The molecule has 4 aromatic rings. The molecule has 4 amide bonds. The van der Waals surface area contributed by atoms with Crippen LogP contribution in [0.1, 0.15) is 195 Å². The van der Waals surface area contributed by atoms with Gasteiger partial charge in [0.15, 0.2) is 0 Å². The molecule has 0 spiro atoms. The molecule has 6 nitrogen and oxygen atoms in total. The summed E-state index contributed by atoms with van der Waals surface area (Å²) in [5.41, 5.74) is 14.1. The minimum absolute atomic E-state index is 0.0579. The maximum absolute atomic E-state index is 13.0. The van der Waals surface area contributed by atoms with Gasteiger partial charge in [0, 0.05) is 29.7 Å². The second-order valence-corrected chi connectivity index (χ2v) is 22.4. The summed E-state index contributed by atoms with van der Waals surface area (Å²) < 4.78 is 0. The van der Waals surface area contributed by atoms with E-state index in [1.54, 1.807) is 0 Å². The van der Waals surface area contributed by atoms with Crippen LogP contribution in [-0.4, -0.2) is 23.6 Å². The Bertz CT molecular complexity index is 2540. The van der Waals surface area contributed by atoms with Crippen molar-refractivity contribution in [2.24, 2.45) is 0 Å². The summed E-state index contributed by atoms with van der Waals surface area (Å²) >= 11 is 0. The molecule has 1 aliphatic carbocycles. The third-order valence-electron chi connectivity index (χ3n) is 14.5. The van der Waals surface area contributed by atoms with E-state index in [4.69, 9.17) is 0 Å². The third kappa shape index (κ3) is 8.27. The Morgan fingerprint density at radius 1 is 0.500 bits per heavy atom. The molecule has 6 heteroatoms. The van der Waals surface area contributed by atoms with Crippen molar-refractivity contribution in [2.75, 3.05) is 9.80 Å². The van der Waals surface area contributed by atoms with E-state index >= 15 is 0 Å². The van der Waals surface area contributed by atoms with Gasteiger partial charge >= 0.3 is 0 Å². The van der Waals surface area contributed by atoms with Crippen LogP contribution in [0.25, 0.3) is 0 Å². The molecule has 0 bridgehead atoms. The summed E-state index contributed by atoms with van der Waals surface area (Å²) in [7, 11) is 0. The first-order valence-electron chi connectivity index (χ1n) is 23.5. The van der Waals surface area contributed by atoms with E-state index in [-0.39, 0.29) is 69.0 Å². The molecule has 0 saturated carbocycles. The van der Waals surface area contributed by atoms with Gasteiger partial charge in [-0.2, -0.15) is 0 Å². The molecule has 64 heavy (non-hydrogen) atoms. The lowest BCUT2D eigenvalue weighted by Gasteiger charge is -2.33. The number of nitrogens with zero attached hydrogens (tertiary/aromatic N) is 2. The van der Waals surface area contributed by atoms with Crippen LogP contribution in [0.3, 0.4) is 0 Å². The summed E-state index contributed by atoms with van der Waals surface area (Å²) in [6.45, 7) is 33.6. The zero-order chi connectivity index (χ0) is 47.0. The molecule has 2 aliphatic heterocycles. The van der Waals surface area contributed by atoms with Crippen LogP contribution in [0, 0.1) is 0 Å². The van der Waals surface area contributed by atoms with Gasteiger partial charge in [-0.25, -0.2) is 9.80 Å². The predicted molar refractivity (Wildman–Crippen MR) is 263 cm³/mol. The van der Waals surface area contributed by atoms with Gasteiger partial charge in [-0.15, -0.1) is 0 Å². The van der Waals surface area contributed by atoms with E-state index in [9.17, 15) is 19.2 Å². The smallest absolute Gasteiger partial charge is 0.258 e. The molecule has 0 saturated heterocycles. The van der Waals surface area contributed by atoms with Gasteiger partial charge in [-0.3, -0.25) is 19.2 Å². The van der Waals surface area contributed by atoms with Gasteiger partial charge in [0.2, 0.25) is 0 Å². The molecule has 336 valence electrons. The molecular weight excluding hydrogens is 789 g/mol. The van der Waals surface area contributed by atoms with Gasteiger partial charge in [-0.05, 0) is 120 Å². The van der Waals surface area contributed by atoms with Crippen LogP contribution in [0.2, 0.25) is 0 Å². The van der Waals surface area contributed by atoms with Crippen molar-refractivity contribution in [1.29, 1.82) is 0 Å². The first-order chi connectivity index (χ1) is 29.8. The summed E-state index contributed by atoms with van der Waals surface area (Å²) in [4.78, 5) is 54.6. The number of carbonyl (C=O) groups excluding carboxylic acids is 4. The Morgan fingerprint density at radius 3 is 1.25 bits per heavy atom. The maximum atomic E-state index is 13.0. The van der Waals surface area contributed by atoms with E-state index in [1.165, 1.54) is 73.0 Å². The largest absolute Gasteiger partial charge is 0.269 e. The number of fused-ring (bicyclic) bond motifs is 1. The second-order valence-electron chi connectivity index (χ2n) is 22.4. The Kier molecular flexibility index (Phi) is 12.1. The zero-order valence-corrected chi connectivity index (χ0v) is 41.1. The lowest BCUT2D eigenvalue weighted by Crippen LogP contribution is -2.32. The van der Waals surface area contributed by atoms with Crippen LogP contribution < -0.4 is 9.80 Å². The highest BCUT2D eigenvalue weighted by Crippen LogP contribution is 2.54. The standard InChI is InChI=1S/C58H70N2O4/c1-34(2)43-25-38(26-44(35(3)4)53(43)59-49(61)21-22-50(59)62)31-55(9,10)40-17-16-18-42(29-40)58(15)33-57(13,14)48-30-41(19-20-47(48)58)56(11,12)32-39-27-45(36(5)6)54(46(28-39)37(7)8)60-51(63)23-24-52(60)64/h16-30,34-37H,31-33H2,1-15H3. The molecule has 0 N–H and O–H groups in total. The van der Waals surface area contributed by atoms with Crippen molar-refractivity contribution in [3.8, 4) is 0 Å². The number of benzene rings is 4. The Hall–Kier alpha value is -5.36. The monoisotopic (exact) mass is 859 g/mol. The average molecular weight is 859 g/mol. The Morgan fingerprint density at radius 2 is 0.875 bits per heavy atom. The molecule has 0 radical (unpaired) electrons. The summed E-state index contributed by atoms with van der Waals surface area (Å²) in [6.07, 6.45) is 8.11. The van der Waals surface area contributed by atoms with E-state index in [0.29, 0.717) is 0 Å². The second kappa shape index (κ2) is 16.6. The van der Waals surface area contributed by atoms with Crippen molar-refractivity contribution < 1.29 is 19.2 Å². The number of imide groups is 2. The van der Waals surface area contributed by atoms with Crippen LogP contribution in [0.4, 0.5) is 11.4 Å². The Balaban J connectivity index is 1.20. The number of hydrogen-bond donors (Lipinski definition) is 0. The fraction of sp³-hybridized carbons (Fsp3) is 0.448. The molecular formula is C58H70N2O4. The van der Waals surface area contributed by atoms with E-state index in [0.717, 1.165) is 52.9 Å². The first-order valence-corrected chi connectivity index (χ1v) is 23.5. The number of anilines is 2. The van der Waals surface area contributed by atoms with E-state index in [2.05, 4.69) is 171 Å².